The summed E-state index contributed by atoms with van der Waals surface area (Å²) in [6.45, 7) is 5.00. The van der Waals surface area contributed by atoms with Gasteiger partial charge in [0.05, 0.1) is 19.0 Å². The van der Waals surface area contributed by atoms with Gasteiger partial charge in [-0.1, -0.05) is 6.92 Å². The minimum atomic E-state index is 0.725. The maximum Gasteiger partial charge on any atom is 0.137 e. The van der Waals surface area contributed by atoms with Crippen LogP contribution in [0.15, 0.2) is 24.5 Å². The highest BCUT2D eigenvalue weighted by Crippen LogP contribution is 2.23. The maximum atomic E-state index is 5.21. The highest BCUT2D eigenvalue weighted by Gasteiger charge is 2.07. The molecule has 0 atom stereocenters. The number of rotatable bonds is 6. The molecule has 5 heteroatoms. The molecule has 5 nitrogen and oxygen atoms in total. The molecule has 0 radical (unpaired) electrons. The fraction of sp³-hybridized carbons (Fsp3) is 0.400. The number of nitrogens with one attached hydrogen (secondary N) is 1. The lowest BCUT2D eigenvalue weighted by Crippen LogP contribution is -2.04. The van der Waals surface area contributed by atoms with E-state index in [9.17, 15) is 0 Å². The Morgan fingerprint density at radius 2 is 2.00 bits per heavy atom. The molecule has 2 heterocycles. The monoisotopic (exact) mass is 272 g/mol. The predicted octanol–water partition coefficient (Wildman–Crippen LogP) is 2.93. The Balaban J connectivity index is 2.42. The molecule has 20 heavy (non-hydrogen) atoms. The minimum Gasteiger partial charge on any atom is -0.495 e. The Hall–Kier alpha value is -2.17. The van der Waals surface area contributed by atoms with Gasteiger partial charge < -0.3 is 10.1 Å². The SMILES string of the molecule is CCCc1nc(NCC)cc(-c2cncc(OC)c2)n1. The van der Waals surface area contributed by atoms with E-state index in [-0.39, 0.29) is 0 Å². The molecule has 2 rings (SSSR count). The summed E-state index contributed by atoms with van der Waals surface area (Å²) in [5.41, 5.74) is 1.80. The van der Waals surface area contributed by atoms with E-state index < -0.39 is 0 Å². The molecule has 0 fully saturated rings. The lowest BCUT2D eigenvalue weighted by Gasteiger charge is -2.09. The standard InChI is InChI=1S/C15H20N4O/c1-4-6-14-18-13(8-15(19-14)17-5-2)11-7-12(20-3)10-16-9-11/h7-10H,4-6H2,1-3H3,(H,17,18,19). The average Bonchev–Trinajstić information content (AvgIpc) is 2.48. The van der Waals surface area contributed by atoms with Crippen molar-refractivity contribution in [3.63, 3.8) is 0 Å². The molecule has 1 N–H and O–H groups in total. The number of nitrogens with zero attached hydrogens (tertiary/aromatic N) is 3. The van der Waals surface area contributed by atoms with Gasteiger partial charge in [0.25, 0.3) is 0 Å². The summed E-state index contributed by atoms with van der Waals surface area (Å²) in [5, 5.41) is 3.24. The van der Waals surface area contributed by atoms with Gasteiger partial charge in [-0.25, -0.2) is 9.97 Å². The van der Waals surface area contributed by atoms with E-state index in [1.165, 1.54) is 0 Å². The van der Waals surface area contributed by atoms with E-state index in [0.29, 0.717) is 0 Å². The molecule has 2 aromatic heterocycles. The summed E-state index contributed by atoms with van der Waals surface area (Å²) in [6, 6.07) is 3.87. The fourth-order valence-corrected chi connectivity index (χ4v) is 1.92. The van der Waals surface area contributed by atoms with Crippen molar-refractivity contribution in [2.24, 2.45) is 0 Å². The van der Waals surface area contributed by atoms with Crippen LogP contribution in [0.5, 0.6) is 5.75 Å². The van der Waals surface area contributed by atoms with E-state index in [4.69, 9.17) is 4.74 Å². The second-order valence-corrected chi connectivity index (χ2v) is 4.45. The van der Waals surface area contributed by atoms with Crippen LogP contribution in [0.1, 0.15) is 26.1 Å². The quantitative estimate of drug-likeness (QED) is 0.876. The molecule has 0 unspecified atom stereocenters. The van der Waals surface area contributed by atoms with Crippen molar-refractivity contribution in [3.05, 3.63) is 30.4 Å². The lowest BCUT2D eigenvalue weighted by atomic mass is 10.2. The molecule has 0 aliphatic heterocycles. The van der Waals surface area contributed by atoms with Crippen LogP contribution in [0.25, 0.3) is 11.3 Å². The lowest BCUT2D eigenvalue weighted by molar-refractivity contribution is 0.413. The van der Waals surface area contributed by atoms with E-state index in [0.717, 1.165) is 48.0 Å². The summed E-state index contributed by atoms with van der Waals surface area (Å²) in [7, 11) is 1.63. The molecule has 0 amide bonds. The van der Waals surface area contributed by atoms with Crippen molar-refractivity contribution < 1.29 is 4.74 Å². The molecular weight excluding hydrogens is 252 g/mol. The van der Waals surface area contributed by atoms with E-state index in [2.05, 4.69) is 27.2 Å². The van der Waals surface area contributed by atoms with Crippen LogP contribution in [0.3, 0.4) is 0 Å². The molecule has 0 saturated carbocycles. The minimum absolute atomic E-state index is 0.725. The van der Waals surface area contributed by atoms with E-state index in [1.54, 1.807) is 19.5 Å². The molecule has 2 aromatic rings. The van der Waals surface area contributed by atoms with Gasteiger partial charge in [-0.3, -0.25) is 4.98 Å². The first-order chi connectivity index (χ1) is 9.76. The number of hydrogen-bond donors (Lipinski definition) is 1. The van der Waals surface area contributed by atoms with Crippen molar-refractivity contribution in [3.8, 4) is 17.0 Å². The van der Waals surface area contributed by atoms with E-state index >= 15 is 0 Å². The van der Waals surface area contributed by atoms with Gasteiger partial charge in [0.15, 0.2) is 0 Å². The van der Waals surface area contributed by atoms with Gasteiger partial charge in [-0.2, -0.15) is 0 Å². The number of aryl methyl sites for hydroxylation is 1. The number of ether oxygens (including phenoxy) is 1. The van der Waals surface area contributed by atoms with Crippen LogP contribution in [-0.4, -0.2) is 28.6 Å². The van der Waals surface area contributed by atoms with Gasteiger partial charge in [0, 0.05) is 30.8 Å². The second kappa shape index (κ2) is 6.84. The van der Waals surface area contributed by atoms with Crippen molar-refractivity contribution >= 4 is 5.82 Å². The Morgan fingerprint density at radius 3 is 2.70 bits per heavy atom. The summed E-state index contributed by atoms with van der Waals surface area (Å²) in [4.78, 5) is 13.3. The Bertz CT molecular complexity index is 547. The van der Waals surface area contributed by atoms with Gasteiger partial charge in [0.2, 0.25) is 0 Å². The zero-order valence-electron chi connectivity index (χ0n) is 12.2. The molecule has 0 spiro atoms. The first-order valence-electron chi connectivity index (χ1n) is 6.88. The maximum absolute atomic E-state index is 5.21. The number of methoxy groups -OCH3 is 1. The zero-order chi connectivity index (χ0) is 14.4. The number of aromatic nitrogens is 3. The van der Waals surface area contributed by atoms with Crippen LogP contribution in [0, 0.1) is 0 Å². The number of hydrogen-bond acceptors (Lipinski definition) is 5. The topological polar surface area (TPSA) is 59.9 Å². The van der Waals surface area contributed by atoms with Crippen molar-refractivity contribution in [2.75, 3.05) is 19.0 Å². The third-order valence-corrected chi connectivity index (χ3v) is 2.85. The van der Waals surface area contributed by atoms with Crippen molar-refractivity contribution in [1.82, 2.24) is 15.0 Å². The third kappa shape index (κ3) is 3.44. The third-order valence-electron chi connectivity index (χ3n) is 2.85. The smallest absolute Gasteiger partial charge is 0.137 e. The van der Waals surface area contributed by atoms with Crippen LogP contribution >= 0.6 is 0 Å². The number of pyridine rings is 1. The van der Waals surface area contributed by atoms with Gasteiger partial charge >= 0.3 is 0 Å². The molecule has 0 aliphatic rings. The van der Waals surface area contributed by atoms with Crippen LogP contribution < -0.4 is 10.1 Å². The molecule has 0 bridgehead atoms. The van der Waals surface area contributed by atoms with Crippen molar-refractivity contribution in [1.29, 1.82) is 0 Å². The molecule has 0 saturated heterocycles. The summed E-state index contributed by atoms with van der Waals surface area (Å²) in [6.07, 6.45) is 5.36. The zero-order valence-corrected chi connectivity index (χ0v) is 12.2. The Labute approximate surface area is 119 Å². The first kappa shape index (κ1) is 14.2. The fourth-order valence-electron chi connectivity index (χ4n) is 1.92. The highest BCUT2D eigenvalue weighted by molar-refractivity contribution is 5.63. The second-order valence-electron chi connectivity index (χ2n) is 4.45. The summed E-state index contributed by atoms with van der Waals surface area (Å²) in [5.74, 6) is 2.43. The predicted molar refractivity (Wildman–Crippen MR) is 80.0 cm³/mol. The number of anilines is 1. The van der Waals surface area contributed by atoms with Crippen LogP contribution in [0.4, 0.5) is 5.82 Å². The van der Waals surface area contributed by atoms with Crippen LogP contribution in [-0.2, 0) is 6.42 Å². The Kier molecular flexibility index (Phi) is 4.87. The van der Waals surface area contributed by atoms with Gasteiger partial charge in [-0.05, 0) is 19.4 Å². The largest absolute Gasteiger partial charge is 0.495 e. The normalized spacial score (nSPS) is 10.3. The average molecular weight is 272 g/mol. The van der Waals surface area contributed by atoms with Gasteiger partial charge in [-0.15, -0.1) is 0 Å². The van der Waals surface area contributed by atoms with Crippen molar-refractivity contribution in [2.45, 2.75) is 26.7 Å². The van der Waals surface area contributed by atoms with Crippen LogP contribution in [0.2, 0.25) is 0 Å². The molecule has 0 aromatic carbocycles. The highest BCUT2D eigenvalue weighted by atomic mass is 16.5. The summed E-state index contributed by atoms with van der Waals surface area (Å²) < 4.78 is 5.21. The molecule has 106 valence electrons. The van der Waals surface area contributed by atoms with Gasteiger partial charge in [0.1, 0.15) is 17.4 Å². The van der Waals surface area contributed by atoms with E-state index in [1.807, 2.05) is 19.1 Å². The molecular formula is C15H20N4O. The summed E-state index contributed by atoms with van der Waals surface area (Å²) >= 11 is 0. The Morgan fingerprint density at radius 1 is 1.15 bits per heavy atom. The first-order valence-corrected chi connectivity index (χ1v) is 6.88. The molecule has 0 aliphatic carbocycles.